The van der Waals surface area contributed by atoms with Crippen LogP contribution in [-0.2, 0) is 18.9 Å². The van der Waals surface area contributed by atoms with Crippen molar-refractivity contribution in [1.29, 1.82) is 0 Å². The highest BCUT2D eigenvalue weighted by Crippen LogP contribution is 2.29. The van der Waals surface area contributed by atoms with E-state index in [4.69, 9.17) is 24.1 Å². The Hall–Kier alpha value is -0.400. The lowest BCUT2D eigenvalue weighted by molar-refractivity contribution is -0.361. The van der Waals surface area contributed by atoms with Gasteiger partial charge in [0.2, 0.25) is 0 Å². The topological polar surface area (TPSA) is 158 Å². The van der Waals surface area contributed by atoms with E-state index in [9.17, 15) is 25.5 Å². The van der Waals surface area contributed by atoms with Crippen LogP contribution in [0.4, 0.5) is 0 Å². The van der Waals surface area contributed by atoms with Gasteiger partial charge < -0.3 is 49.6 Å². The van der Waals surface area contributed by atoms with Gasteiger partial charge in [0.1, 0.15) is 42.7 Å². The highest BCUT2D eigenvalue weighted by molar-refractivity contribution is 4.92. The van der Waals surface area contributed by atoms with Gasteiger partial charge in [-0.2, -0.15) is 0 Å². The third-order valence-corrected chi connectivity index (χ3v) is 4.16. The molecule has 0 aliphatic carbocycles. The second-order valence-corrected chi connectivity index (χ2v) is 5.72. The molecule has 0 amide bonds. The molecule has 0 saturated carbocycles. The van der Waals surface area contributed by atoms with Crippen LogP contribution in [0.2, 0.25) is 0 Å². The van der Waals surface area contributed by atoms with Gasteiger partial charge in [0.25, 0.3) is 0 Å². The second-order valence-electron chi connectivity index (χ2n) is 5.72. The fraction of sp³-hybridized carbons (Fsp3) is 1.00. The molecule has 0 aromatic rings. The average Bonchev–Trinajstić information content (AvgIpc) is 2.54. The molecule has 2 fully saturated rings. The van der Waals surface area contributed by atoms with Crippen LogP contribution >= 0.6 is 0 Å². The molecule has 10 heteroatoms. The Labute approximate surface area is 132 Å². The molecule has 2 heterocycles. The van der Waals surface area contributed by atoms with Crippen molar-refractivity contribution in [3.05, 3.63) is 0 Å². The molecule has 6 N–H and O–H groups in total. The van der Waals surface area contributed by atoms with Gasteiger partial charge in [-0.25, -0.2) is 0 Å². The summed E-state index contributed by atoms with van der Waals surface area (Å²) in [5, 5.41) is 58.5. The van der Waals surface area contributed by atoms with Crippen LogP contribution in [0.25, 0.3) is 0 Å². The number of rotatable bonds is 4. The Balaban J connectivity index is 2.10. The molecule has 0 bridgehead atoms. The highest BCUT2D eigenvalue weighted by atomic mass is 16.8. The summed E-state index contributed by atoms with van der Waals surface area (Å²) >= 11 is 0. The minimum atomic E-state index is -1.57. The second kappa shape index (κ2) is 7.66. The zero-order valence-electron chi connectivity index (χ0n) is 12.8. The highest BCUT2D eigenvalue weighted by Gasteiger charge is 2.49. The first kappa shape index (κ1) is 18.9. The molecule has 0 radical (unpaired) electrons. The Bertz CT molecular complexity index is 380. The van der Waals surface area contributed by atoms with Gasteiger partial charge in [-0.05, 0) is 6.92 Å². The molecule has 0 spiro atoms. The lowest BCUT2D eigenvalue weighted by atomic mass is 9.97. The van der Waals surface area contributed by atoms with E-state index < -0.39 is 68.0 Å². The molecule has 4 unspecified atom stereocenters. The molecule has 136 valence electrons. The molecule has 0 aromatic carbocycles. The monoisotopic (exact) mass is 340 g/mol. The van der Waals surface area contributed by atoms with Gasteiger partial charge in [-0.3, -0.25) is 0 Å². The average molecular weight is 340 g/mol. The standard InChI is InChI=1S/C13H24O10/c1-4-6(15)8(17)10(19)12(21-4)23-11-9(18)7(16)5(3-14)22-13(11)20-2/h4-19H,3H2,1-2H3/t4?,5?,6-,7+,8+,9+,10?,11?,12+,13-/m1/s1. The van der Waals surface area contributed by atoms with Crippen LogP contribution in [0.5, 0.6) is 0 Å². The predicted octanol–water partition coefficient (Wildman–Crippen LogP) is -3.72. The van der Waals surface area contributed by atoms with E-state index in [-0.39, 0.29) is 0 Å². The van der Waals surface area contributed by atoms with Crippen molar-refractivity contribution in [2.45, 2.75) is 68.3 Å². The number of aliphatic hydroxyl groups is 6. The third kappa shape index (κ3) is 3.66. The van der Waals surface area contributed by atoms with Crippen LogP contribution in [0, 0.1) is 0 Å². The van der Waals surface area contributed by atoms with Crippen molar-refractivity contribution in [1.82, 2.24) is 0 Å². The summed E-state index contributed by atoms with van der Waals surface area (Å²) in [6, 6.07) is 0. The largest absolute Gasteiger partial charge is 0.394 e. The smallest absolute Gasteiger partial charge is 0.187 e. The fourth-order valence-corrected chi connectivity index (χ4v) is 2.67. The molecule has 2 aliphatic rings. The van der Waals surface area contributed by atoms with Crippen molar-refractivity contribution in [3.8, 4) is 0 Å². The fourth-order valence-electron chi connectivity index (χ4n) is 2.67. The van der Waals surface area contributed by atoms with Gasteiger partial charge in [0, 0.05) is 7.11 Å². The zero-order chi connectivity index (χ0) is 17.3. The van der Waals surface area contributed by atoms with Crippen molar-refractivity contribution >= 4 is 0 Å². The number of methoxy groups -OCH3 is 1. The van der Waals surface area contributed by atoms with E-state index in [1.807, 2.05) is 0 Å². The van der Waals surface area contributed by atoms with Gasteiger partial charge in [0.15, 0.2) is 12.6 Å². The third-order valence-electron chi connectivity index (χ3n) is 4.16. The summed E-state index contributed by atoms with van der Waals surface area (Å²) in [4.78, 5) is 0. The molecule has 2 saturated heterocycles. The van der Waals surface area contributed by atoms with Crippen LogP contribution in [0.3, 0.4) is 0 Å². The SMILES string of the molecule is CO[C@@H]1OC(CO)[C@H](O)[C@H](O)C1O[C@@H]1OC(C)[C@@H](O)[C@H](O)C1O. The van der Waals surface area contributed by atoms with Gasteiger partial charge in [-0.1, -0.05) is 0 Å². The molecule has 10 nitrogen and oxygen atoms in total. The molecule has 2 aliphatic heterocycles. The Morgan fingerprint density at radius 1 is 0.826 bits per heavy atom. The lowest BCUT2D eigenvalue weighted by Gasteiger charge is -2.45. The summed E-state index contributed by atoms with van der Waals surface area (Å²) in [7, 11) is 1.28. The minimum Gasteiger partial charge on any atom is -0.394 e. The molecular weight excluding hydrogens is 316 g/mol. The van der Waals surface area contributed by atoms with Crippen LogP contribution in [0.15, 0.2) is 0 Å². The van der Waals surface area contributed by atoms with Crippen molar-refractivity contribution in [2.75, 3.05) is 13.7 Å². The zero-order valence-corrected chi connectivity index (χ0v) is 12.8. The number of ether oxygens (including phenoxy) is 4. The quantitative estimate of drug-likeness (QED) is 0.300. The van der Waals surface area contributed by atoms with Gasteiger partial charge >= 0.3 is 0 Å². The molecule has 10 atom stereocenters. The van der Waals surface area contributed by atoms with Gasteiger partial charge in [-0.15, -0.1) is 0 Å². The van der Waals surface area contributed by atoms with E-state index in [2.05, 4.69) is 0 Å². The maximum atomic E-state index is 10.1. The maximum Gasteiger partial charge on any atom is 0.187 e. The van der Waals surface area contributed by atoms with Crippen molar-refractivity contribution in [2.24, 2.45) is 0 Å². The molecule has 0 aromatic heterocycles. The predicted molar refractivity (Wildman–Crippen MR) is 72.0 cm³/mol. The number of hydrogen-bond donors (Lipinski definition) is 6. The Kier molecular flexibility index (Phi) is 6.30. The molecule has 23 heavy (non-hydrogen) atoms. The van der Waals surface area contributed by atoms with E-state index >= 15 is 0 Å². The van der Waals surface area contributed by atoms with E-state index in [0.717, 1.165) is 0 Å². The van der Waals surface area contributed by atoms with E-state index in [0.29, 0.717) is 0 Å². The summed E-state index contributed by atoms with van der Waals surface area (Å²) in [5.41, 5.74) is 0. The van der Waals surface area contributed by atoms with Crippen LogP contribution in [0.1, 0.15) is 6.92 Å². The summed E-state index contributed by atoms with van der Waals surface area (Å²) in [5.74, 6) is 0. The summed E-state index contributed by atoms with van der Waals surface area (Å²) in [6.07, 6.45) is -12.9. The van der Waals surface area contributed by atoms with E-state index in [1.165, 1.54) is 14.0 Å². The maximum absolute atomic E-state index is 10.1. The summed E-state index contributed by atoms with van der Waals surface area (Å²) in [6.45, 7) is 0.948. The van der Waals surface area contributed by atoms with Crippen molar-refractivity contribution < 1.29 is 49.6 Å². The minimum absolute atomic E-state index is 0.532. The molecular formula is C13H24O10. The van der Waals surface area contributed by atoms with Gasteiger partial charge in [0.05, 0.1) is 12.7 Å². The summed E-state index contributed by atoms with van der Waals surface area (Å²) < 4.78 is 21.0. The molecule has 2 rings (SSSR count). The van der Waals surface area contributed by atoms with E-state index in [1.54, 1.807) is 0 Å². The first-order valence-corrected chi connectivity index (χ1v) is 7.32. The van der Waals surface area contributed by atoms with Crippen LogP contribution in [-0.4, -0.2) is 106 Å². The van der Waals surface area contributed by atoms with Crippen LogP contribution < -0.4 is 0 Å². The first-order chi connectivity index (χ1) is 10.8. The lowest BCUT2D eigenvalue weighted by Crippen LogP contribution is -2.64. The normalized spacial score (nSPS) is 51.7. The number of hydrogen-bond acceptors (Lipinski definition) is 10. The number of aliphatic hydroxyl groups excluding tert-OH is 6. The first-order valence-electron chi connectivity index (χ1n) is 7.32. The Morgan fingerprint density at radius 2 is 1.48 bits per heavy atom. The Morgan fingerprint density at radius 3 is 2.04 bits per heavy atom. The van der Waals surface area contributed by atoms with Crippen molar-refractivity contribution in [3.63, 3.8) is 0 Å².